The molecule has 0 saturated heterocycles. The molecule has 0 aliphatic carbocycles. The second kappa shape index (κ2) is 9.91. The first-order chi connectivity index (χ1) is 18.2. The predicted octanol–water partition coefficient (Wildman–Crippen LogP) is 9.00. The summed E-state index contributed by atoms with van der Waals surface area (Å²) in [5.41, 5.74) is 9.39. The van der Waals surface area contributed by atoms with Crippen LogP contribution in [0.25, 0.3) is 10.8 Å². The summed E-state index contributed by atoms with van der Waals surface area (Å²) in [7, 11) is 0. The van der Waals surface area contributed by atoms with Gasteiger partial charge in [-0.3, -0.25) is 0 Å². The molecule has 3 aromatic carbocycles. The van der Waals surface area contributed by atoms with Crippen LogP contribution in [0, 0.1) is 0 Å². The maximum absolute atomic E-state index is 2.47. The third-order valence-electron chi connectivity index (χ3n) is 8.41. The van der Waals surface area contributed by atoms with Crippen LogP contribution in [-0.2, 0) is 10.8 Å². The van der Waals surface area contributed by atoms with Gasteiger partial charge in [-0.2, -0.15) is 4.58 Å². The summed E-state index contributed by atoms with van der Waals surface area (Å²) in [5.74, 6) is 0. The highest BCUT2D eigenvalue weighted by molar-refractivity contribution is 6.07. The summed E-state index contributed by atoms with van der Waals surface area (Å²) in [5, 5.41) is 2.67. The van der Waals surface area contributed by atoms with Crippen molar-refractivity contribution in [3.63, 3.8) is 0 Å². The van der Waals surface area contributed by atoms with Gasteiger partial charge in [0.2, 0.25) is 5.69 Å². The van der Waals surface area contributed by atoms with Crippen LogP contribution in [0.15, 0.2) is 108 Å². The number of para-hydroxylation sites is 1. The van der Waals surface area contributed by atoms with Crippen molar-refractivity contribution < 1.29 is 4.58 Å². The maximum atomic E-state index is 2.47. The minimum absolute atomic E-state index is 0.00193. The van der Waals surface area contributed by atoms with Crippen LogP contribution in [0.5, 0.6) is 0 Å². The molecule has 3 aromatic rings. The van der Waals surface area contributed by atoms with E-state index in [0.717, 1.165) is 13.1 Å². The van der Waals surface area contributed by atoms with Crippen LogP contribution in [0.1, 0.15) is 59.6 Å². The van der Waals surface area contributed by atoms with Crippen molar-refractivity contribution in [1.29, 1.82) is 0 Å². The highest BCUT2D eigenvalue weighted by Crippen LogP contribution is 2.47. The quantitative estimate of drug-likeness (QED) is 0.241. The van der Waals surface area contributed by atoms with Crippen molar-refractivity contribution in [2.75, 3.05) is 18.0 Å². The Hall–Kier alpha value is -3.65. The fourth-order valence-electron chi connectivity index (χ4n) is 6.50. The molecule has 2 heteroatoms. The fraction of sp³-hybridized carbons (Fsp3) is 0.306. The average molecular weight is 502 g/mol. The normalized spacial score (nSPS) is 19.4. The molecule has 0 aromatic heterocycles. The second-order valence-corrected chi connectivity index (χ2v) is 11.5. The minimum atomic E-state index is -0.0582. The lowest BCUT2D eigenvalue weighted by atomic mass is 9.79. The van der Waals surface area contributed by atoms with E-state index >= 15 is 0 Å². The maximum Gasteiger partial charge on any atom is 0.210 e. The van der Waals surface area contributed by atoms with Gasteiger partial charge in [-0.1, -0.05) is 86.2 Å². The summed E-state index contributed by atoms with van der Waals surface area (Å²) in [6.07, 6.45) is 13.5. The van der Waals surface area contributed by atoms with E-state index in [1.807, 2.05) is 0 Å². The molecule has 0 spiro atoms. The van der Waals surface area contributed by atoms with Crippen molar-refractivity contribution in [2.24, 2.45) is 0 Å². The molecular formula is C36H41N2+. The highest BCUT2D eigenvalue weighted by Gasteiger charge is 2.45. The Kier molecular flexibility index (Phi) is 6.77. The number of benzene rings is 3. The summed E-state index contributed by atoms with van der Waals surface area (Å²) in [4.78, 5) is 2.44. The number of rotatable bonds is 6. The molecule has 0 radical (unpaired) electrons. The largest absolute Gasteiger partial charge is 0.344 e. The summed E-state index contributed by atoms with van der Waals surface area (Å²) in [6.45, 7) is 17.9. The van der Waals surface area contributed by atoms with Crippen molar-refractivity contribution in [3.8, 4) is 0 Å². The number of nitrogens with zero attached hydrogens (tertiary/aromatic N) is 2. The van der Waals surface area contributed by atoms with Crippen LogP contribution >= 0.6 is 0 Å². The molecule has 2 heterocycles. The molecule has 0 atom stereocenters. The second-order valence-electron chi connectivity index (χ2n) is 11.5. The predicted molar refractivity (Wildman–Crippen MR) is 165 cm³/mol. The van der Waals surface area contributed by atoms with E-state index in [-0.39, 0.29) is 10.8 Å². The zero-order chi connectivity index (χ0) is 27.1. The topological polar surface area (TPSA) is 6.25 Å². The molecule has 5 rings (SSSR count). The van der Waals surface area contributed by atoms with Gasteiger partial charge < -0.3 is 4.90 Å². The monoisotopic (exact) mass is 501 g/mol. The van der Waals surface area contributed by atoms with Crippen molar-refractivity contribution in [2.45, 2.75) is 59.3 Å². The van der Waals surface area contributed by atoms with Gasteiger partial charge in [0.15, 0.2) is 5.71 Å². The number of fused-ring (bicyclic) bond motifs is 4. The number of likely N-dealkylation sites (N-methyl/N-ethyl adjacent to an activating group) is 1. The van der Waals surface area contributed by atoms with E-state index in [1.54, 1.807) is 0 Å². The highest BCUT2D eigenvalue weighted by atomic mass is 15.2. The Balaban J connectivity index is 1.40. The molecule has 2 aliphatic rings. The molecule has 0 amide bonds. The third-order valence-corrected chi connectivity index (χ3v) is 8.41. The number of hydrogen-bond donors (Lipinski definition) is 0. The number of hydrogen-bond acceptors (Lipinski definition) is 1. The molecule has 0 fully saturated rings. The first-order valence-electron chi connectivity index (χ1n) is 14.0. The van der Waals surface area contributed by atoms with E-state index in [4.69, 9.17) is 0 Å². The lowest BCUT2D eigenvalue weighted by Crippen LogP contribution is -2.27. The average Bonchev–Trinajstić information content (AvgIpc) is 3.27. The van der Waals surface area contributed by atoms with Crippen LogP contribution in [-0.4, -0.2) is 23.4 Å². The summed E-state index contributed by atoms with van der Waals surface area (Å²) >= 11 is 0. The lowest BCUT2D eigenvalue weighted by Gasteiger charge is -2.25. The van der Waals surface area contributed by atoms with Crippen LogP contribution in [0.2, 0.25) is 0 Å². The minimum Gasteiger partial charge on any atom is -0.344 e. The van der Waals surface area contributed by atoms with E-state index in [0.29, 0.717) is 0 Å². The van der Waals surface area contributed by atoms with Gasteiger partial charge in [-0.25, -0.2) is 0 Å². The Morgan fingerprint density at radius 2 is 1.61 bits per heavy atom. The molecule has 2 nitrogen and oxygen atoms in total. The Morgan fingerprint density at radius 1 is 0.868 bits per heavy atom. The van der Waals surface area contributed by atoms with Gasteiger partial charge >= 0.3 is 0 Å². The third kappa shape index (κ3) is 4.17. The summed E-state index contributed by atoms with van der Waals surface area (Å²) < 4.78 is 2.47. The fourth-order valence-corrected chi connectivity index (χ4v) is 6.50. The SMILES string of the molecule is CCN1/C(=C/C=C/C(C)=C/C=C/C2=[N+](CC)c3ccc4ccccc4c3C2(C)C)C(C)(C)c2ccccc21. The molecule has 0 unspecified atom stereocenters. The van der Waals surface area contributed by atoms with Gasteiger partial charge in [-0.05, 0) is 69.2 Å². The number of allylic oxidation sites excluding steroid dienone is 8. The van der Waals surface area contributed by atoms with E-state index in [9.17, 15) is 0 Å². The van der Waals surface area contributed by atoms with Crippen LogP contribution in [0.3, 0.4) is 0 Å². The molecule has 194 valence electrons. The molecule has 0 saturated carbocycles. The van der Waals surface area contributed by atoms with E-state index in [2.05, 4.69) is 155 Å². The first-order valence-corrected chi connectivity index (χ1v) is 14.0. The van der Waals surface area contributed by atoms with Gasteiger partial charge in [0.05, 0.1) is 5.41 Å². The molecule has 0 N–H and O–H groups in total. The van der Waals surface area contributed by atoms with Gasteiger partial charge in [0.1, 0.15) is 6.54 Å². The van der Waals surface area contributed by atoms with Crippen LogP contribution in [0.4, 0.5) is 11.4 Å². The zero-order valence-corrected chi connectivity index (χ0v) is 24.0. The zero-order valence-electron chi connectivity index (χ0n) is 24.0. The van der Waals surface area contributed by atoms with E-state index < -0.39 is 0 Å². The summed E-state index contributed by atoms with van der Waals surface area (Å²) in [6, 6.07) is 22.1. The van der Waals surface area contributed by atoms with Crippen LogP contribution < -0.4 is 4.90 Å². The van der Waals surface area contributed by atoms with E-state index in [1.165, 1.54) is 50.3 Å². The molecule has 0 bridgehead atoms. The Morgan fingerprint density at radius 3 is 2.37 bits per heavy atom. The standard InChI is InChI=1S/C36H41N2/c1-8-37-30-21-13-12-20-29(30)35(4,5)32(37)22-14-16-26(3)17-15-23-33-36(6,7)34-28-19-11-10-18-27(28)24-25-31(34)38(33)9-2/h10-25H,8-9H2,1-7H3/q+1. The smallest absolute Gasteiger partial charge is 0.210 e. The molecule has 38 heavy (non-hydrogen) atoms. The number of anilines is 1. The Bertz CT molecular complexity index is 1540. The molecular weight excluding hydrogens is 460 g/mol. The Labute approximate surface area is 229 Å². The van der Waals surface area contributed by atoms with Crippen molar-refractivity contribution in [3.05, 3.63) is 120 Å². The lowest BCUT2D eigenvalue weighted by molar-refractivity contribution is -0.433. The van der Waals surface area contributed by atoms with Gasteiger partial charge in [0, 0.05) is 41.1 Å². The first kappa shape index (κ1) is 26.0. The van der Waals surface area contributed by atoms with Crippen molar-refractivity contribution in [1.82, 2.24) is 0 Å². The van der Waals surface area contributed by atoms with Crippen molar-refractivity contribution >= 4 is 27.9 Å². The van der Waals surface area contributed by atoms with Gasteiger partial charge in [-0.15, -0.1) is 0 Å². The molecule has 2 aliphatic heterocycles. The van der Waals surface area contributed by atoms with Gasteiger partial charge in [0.25, 0.3) is 0 Å².